The molecule has 0 aliphatic carbocycles. The normalized spacial score (nSPS) is 13.3. The molecule has 0 bridgehead atoms. The summed E-state index contributed by atoms with van der Waals surface area (Å²) in [5.74, 6) is 0.609. The van der Waals surface area contributed by atoms with Gasteiger partial charge in [-0.15, -0.1) is 0 Å². The van der Waals surface area contributed by atoms with E-state index in [-0.39, 0.29) is 4.95 Å². The molecule has 1 atom stereocenters. The fraction of sp³-hybridized carbons (Fsp3) is 0.455. The SMILES string of the molecule is CNC(Br)c1ccc(C(C)C)cc1. The van der Waals surface area contributed by atoms with Gasteiger partial charge in [0.2, 0.25) is 0 Å². The van der Waals surface area contributed by atoms with Crippen molar-refractivity contribution in [1.29, 1.82) is 0 Å². The van der Waals surface area contributed by atoms with E-state index in [0.717, 1.165) is 0 Å². The lowest BCUT2D eigenvalue weighted by molar-refractivity contribution is 0.804. The molecule has 2 heteroatoms. The molecule has 1 nitrogen and oxygen atoms in total. The van der Waals surface area contributed by atoms with E-state index >= 15 is 0 Å². The summed E-state index contributed by atoms with van der Waals surface area (Å²) in [6.07, 6.45) is 0. The molecule has 0 spiro atoms. The van der Waals surface area contributed by atoms with E-state index in [2.05, 4.69) is 59.4 Å². The summed E-state index contributed by atoms with van der Waals surface area (Å²) < 4.78 is 0. The molecule has 0 amide bonds. The summed E-state index contributed by atoms with van der Waals surface area (Å²) in [5.41, 5.74) is 2.66. The van der Waals surface area contributed by atoms with Crippen molar-refractivity contribution in [3.63, 3.8) is 0 Å². The van der Waals surface area contributed by atoms with Crippen molar-refractivity contribution in [3.8, 4) is 0 Å². The van der Waals surface area contributed by atoms with Gasteiger partial charge in [-0.3, -0.25) is 0 Å². The third-order valence-corrected chi connectivity index (χ3v) is 3.14. The Kier molecular flexibility index (Phi) is 3.94. The van der Waals surface area contributed by atoms with Crippen molar-refractivity contribution in [3.05, 3.63) is 35.4 Å². The Labute approximate surface area is 88.7 Å². The van der Waals surface area contributed by atoms with Crippen LogP contribution in [0.5, 0.6) is 0 Å². The monoisotopic (exact) mass is 241 g/mol. The molecule has 1 rings (SSSR count). The fourth-order valence-electron chi connectivity index (χ4n) is 1.22. The maximum Gasteiger partial charge on any atom is 0.0884 e. The number of halogens is 1. The Bertz CT molecular complexity index is 253. The van der Waals surface area contributed by atoms with E-state index in [1.54, 1.807) is 0 Å². The number of alkyl halides is 1. The summed E-state index contributed by atoms with van der Waals surface area (Å²) in [6.45, 7) is 4.41. The predicted octanol–water partition coefficient (Wildman–Crippen LogP) is 3.42. The Balaban J connectivity index is 2.81. The minimum atomic E-state index is 0.258. The zero-order chi connectivity index (χ0) is 9.84. The van der Waals surface area contributed by atoms with Gasteiger partial charge in [-0.25, -0.2) is 0 Å². The molecule has 0 fully saturated rings. The topological polar surface area (TPSA) is 12.0 Å². The second-order valence-corrected chi connectivity index (χ2v) is 4.39. The van der Waals surface area contributed by atoms with Gasteiger partial charge < -0.3 is 5.32 Å². The number of hydrogen-bond acceptors (Lipinski definition) is 1. The van der Waals surface area contributed by atoms with Crippen LogP contribution in [0, 0.1) is 0 Å². The second-order valence-electron chi connectivity index (χ2n) is 3.47. The number of rotatable bonds is 3. The van der Waals surface area contributed by atoms with Crippen molar-refractivity contribution < 1.29 is 0 Å². The summed E-state index contributed by atoms with van der Waals surface area (Å²) in [6, 6.07) is 8.69. The van der Waals surface area contributed by atoms with Crippen LogP contribution in [0.2, 0.25) is 0 Å². The Morgan fingerprint density at radius 2 is 1.54 bits per heavy atom. The van der Waals surface area contributed by atoms with Crippen LogP contribution in [0.25, 0.3) is 0 Å². The van der Waals surface area contributed by atoms with Gasteiger partial charge in [0, 0.05) is 0 Å². The summed E-state index contributed by atoms with van der Waals surface area (Å²) >= 11 is 3.54. The van der Waals surface area contributed by atoms with Crippen LogP contribution in [-0.4, -0.2) is 7.05 Å². The molecule has 0 aliphatic heterocycles. The zero-order valence-corrected chi connectivity index (χ0v) is 9.93. The van der Waals surface area contributed by atoms with Gasteiger partial charge in [-0.1, -0.05) is 54.0 Å². The highest BCUT2D eigenvalue weighted by Crippen LogP contribution is 2.21. The first-order valence-corrected chi connectivity index (χ1v) is 5.48. The Hall–Kier alpha value is -0.340. The molecular formula is C11H16BrN. The first kappa shape index (κ1) is 10.7. The van der Waals surface area contributed by atoms with Gasteiger partial charge in [-0.2, -0.15) is 0 Å². The standard InChI is InChI=1S/C11H16BrN/c1-8(2)9-4-6-10(7-5-9)11(12)13-3/h4-8,11,13H,1-3H3. The van der Waals surface area contributed by atoms with Crippen molar-refractivity contribution in [2.75, 3.05) is 7.05 Å². The highest BCUT2D eigenvalue weighted by Gasteiger charge is 2.04. The highest BCUT2D eigenvalue weighted by atomic mass is 79.9. The molecule has 72 valence electrons. The van der Waals surface area contributed by atoms with E-state index < -0.39 is 0 Å². The van der Waals surface area contributed by atoms with Gasteiger partial charge in [0.25, 0.3) is 0 Å². The average molecular weight is 242 g/mol. The molecule has 0 saturated carbocycles. The van der Waals surface area contributed by atoms with E-state index in [4.69, 9.17) is 0 Å². The van der Waals surface area contributed by atoms with Crippen LogP contribution < -0.4 is 5.32 Å². The van der Waals surface area contributed by atoms with Crippen molar-refractivity contribution in [1.82, 2.24) is 5.32 Å². The molecule has 0 aliphatic rings. The smallest absolute Gasteiger partial charge is 0.0884 e. The van der Waals surface area contributed by atoms with Crippen molar-refractivity contribution in [2.45, 2.75) is 24.7 Å². The van der Waals surface area contributed by atoms with E-state index in [1.807, 2.05) is 7.05 Å². The molecule has 0 saturated heterocycles. The van der Waals surface area contributed by atoms with Crippen LogP contribution in [0.15, 0.2) is 24.3 Å². The van der Waals surface area contributed by atoms with Crippen molar-refractivity contribution >= 4 is 15.9 Å². The molecule has 1 N–H and O–H groups in total. The second kappa shape index (κ2) is 4.77. The Morgan fingerprint density at radius 3 is 1.92 bits per heavy atom. The van der Waals surface area contributed by atoms with Crippen LogP contribution in [0.3, 0.4) is 0 Å². The maximum atomic E-state index is 3.54. The van der Waals surface area contributed by atoms with Crippen LogP contribution in [0.1, 0.15) is 35.8 Å². The maximum absolute atomic E-state index is 3.54. The molecule has 1 aromatic carbocycles. The third-order valence-electron chi connectivity index (χ3n) is 2.15. The molecule has 0 radical (unpaired) electrons. The summed E-state index contributed by atoms with van der Waals surface area (Å²) in [5, 5.41) is 3.15. The number of benzene rings is 1. The number of nitrogens with one attached hydrogen (secondary N) is 1. The van der Waals surface area contributed by atoms with Gasteiger partial charge >= 0.3 is 0 Å². The number of hydrogen-bond donors (Lipinski definition) is 1. The first-order chi connectivity index (χ1) is 6.15. The minimum absolute atomic E-state index is 0.258. The van der Waals surface area contributed by atoms with Gasteiger partial charge in [0.15, 0.2) is 0 Å². The molecule has 0 aromatic heterocycles. The summed E-state index contributed by atoms with van der Waals surface area (Å²) in [4.78, 5) is 0.258. The minimum Gasteiger partial charge on any atom is -0.304 e. The van der Waals surface area contributed by atoms with Gasteiger partial charge in [0.1, 0.15) is 0 Å². The van der Waals surface area contributed by atoms with E-state index in [0.29, 0.717) is 5.92 Å². The summed E-state index contributed by atoms with van der Waals surface area (Å²) in [7, 11) is 1.94. The van der Waals surface area contributed by atoms with E-state index in [9.17, 15) is 0 Å². The molecule has 1 unspecified atom stereocenters. The fourth-order valence-corrected chi connectivity index (χ4v) is 1.52. The predicted molar refractivity (Wildman–Crippen MR) is 61.3 cm³/mol. The molecule has 0 heterocycles. The van der Waals surface area contributed by atoms with Crippen LogP contribution >= 0.6 is 15.9 Å². The average Bonchev–Trinajstić information content (AvgIpc) is 2.17. The van der Waals surface area contributed by atoms with Gasteiger partial charge in [0.05, 0.1) is 4.95 Å². The lowest BCUT2D eigenvalue weighted by atomic mass is 10.0. The lowest BCUT2D eigenvalue weighted by Gasteiger charge is -2.10. The van der Waals surface area contributed by atoms with Crippen molar-refractivity contribution in [2.24, 2.45) is 0 Å². The van der Waals surface area contributed by atoms with Crippen LogP contribution in [-0.2, 0) is 0 Å². The Morgan fingerprint density at radius 1 is 1.08 bits per heavy atom. The van der Waals surface area contributed by atoms with Crippen LogP contribution in [0.4, 0.5) is 0 Å². The van der Waals surface area contributed by atoms with Gasteiger partial charge in [-0.05, 0) is 24.1 Å². The highest BCUT2D eigenvalue weighted by molar-refractivity contribution is 9.09. The molecular weight excluding hydrogens is 226 g/mol. The third kappa shape index (κ3) is 2.82. The quantitative estimate of drug-likeness (QED) is 0.632. The first-order valence-electron chi connectivity index (χ1n) is 4.56. The lowest BCUT2D eigenvalue weighted by Crippen LogP contribution is -2.09. The van der Waals surface area contributed by atoms with E-state index in [1.165, 1.54) is 11.1 Å². The zero-order valence-electron chi connectivity index (χ0n) is 8.34. The molecule has 1 aromatic rings. The molecule has 13 heavy (non-hydrogen) atoms. The largest absolute Gasteiger partial charge is 0.304 e.